The van der Waals surface area contributed by atoms with E-state index in [1.165, 1.54) is 28.4 Å². The standard InChI is InChI=1S/C26H27N7O5S3/c1-3-15(4-2)38-31-19(16-12-40-26(27)29-16)22(34)30-20-23(35)32-21(25(36)37)17(13-39-24(20)32)41-18-10-11-28-33(18)14-8-6-5-7-9-14/h5-12,15,20,24H,3-4,13H2,1-2H3,(H2,27,29)(H,30,34)(H,36,37)/b31-19-/t20-,24-/m1/s1. The van der Waals surface area contributed by atoms with Gasteiger partial charge in [0.15, 0.2) is 10.8 Å². The fourth-order valence-corrected chi connectivity index (χ4v) is 7.39. The molecule has 2 aliphatic rings. The number of aromatic nitrogens is 3. The number of β-lactam (4-membered cyclic amide) rings is 1. The van der Waals surface area contributed by atoms with Crippen LogP contribution in [0.5, 0.6) is 0 Å². The number of nitrogens with one attached hydrogen (secondary N) is 1. The highest BCUT2D eigenvalue weighted by molar-refractivity contribution is 8.06. The largest absolute Gasteiger partial charge is 0.477 e. The molecule has 1 saturated heterocycles. The number of amides is 2. The van der Waals surface area contributed by atoms with E-state index in [0.29, 0.717) is 28.5 Å². The number of carbonyl (C=O) groups is 3. The average molecular weight is 614 g/mol. The average Bonchev–Trinajstić information content (AvgIpc) is 3.62. The summed E-state index contributed by atoms with van der Waals surface area (Å²) in [5.41, 5.74) is 6.62. The van der Waals surface area contributed by atoms with Gasteiger partial charge in [0.1, 0.15) is 33.9 Å². The summed E-state index contributed by atoms with van der Waals surface area (Å²) in [5, 5.41) is 23.2. The Morgan fingerprint density at radius 3 is 2.68 bits per heavy atom. The molecule has 3 aromatic rings. The first-order valence-corrected chi connectivity index (χ1v) is 15.5. The first-order valence-electron chi connectivity index (χ1n) is 12.8. The number of fused-ring (bicyclic) bond motifs is 1. The fraction of sp³-hybridized carbons (Fsp3) is 0.308. The summed E-state index contributed by atoms with van der Waals surface area (Å²) in [6.07, 6.45) is 2.83. The van der Waals surface area contributed by atoms with Crippen LogP contribution in [0.25, 0.3) is 5.69 Å². The number of hydrogen-bond donors (Lipinski definition) is 3. The van der Waals surface area contributed by atoms with Crippen molar-refractivity contribution in [2.45, 2.75) is 49.2 Å². The lowest BCUT2D eigenvalue weighted by molar-refractivity contribution is -0.150. The maximum atomic E-state index is 13.3. The number of aliphatic carboxylic acids is 1. The van der Waals surface area contributed by atoms with Gasteiger partial charge < -0.3 is 21.0 Å². The Labute approximate surface area is 248 Å². The Kier molecular flexibility index (Phi) is 8.65. The van der Waals surface area contributed by atoms with Gasteiger partial charge >= 0.3 is 5.97 Å². The number of nitrogens with zero attached hydrogens (tertiary/aromatic N) is 5. The van der Waals surface area contributed by atoms with E-state index in [0.717, 1.165) is 17.0 Å². The first kappa shape index (κ1) is 28.7. The lowest BCUT2D eigenvalue weighted by Gasteiger charge is -2.49. The van der Waals surface area contributed by atoms with E-state index in [4.69, 9.17) is 10.6 Å². The van der Waals surface area contributed by atoms with Crippen molar-refractivity contribution in [3.05, 3.63) is 64.3 Å². The zero-order chi connectivity index (χ0) is 29.1. The van der Waals surface area contributed by atoms with E-state index in [1.807, 2.05) is 44.2 Å². The molecule has 0 saturated carbocycles. The Hall–Kier alpha value is -3.82. The van der Waals surface area contributed by atoms with Crippen LogP contribution in [0.3, 0.4) is 0 Å². The van der Waals surface area contributed by atoms with Gasteiger partial charge in [-0.15, -0.1) is 23.1 Å². The summed E-state index contributed by atoms with van der Waals surface area (Å²) in [5.74, 6) is -2.08. The molecule has 2 aromatic heterocycles. The number of carboxylic acids is 1. The summed E-state index contributed by atoms with van der Waals surface area (Å²) in [4.78, 5) is 50.4. The molecule has 1 aromatic carbocycles. The summed E-state index contributed by atoms with van der Waals surface area (Å²) < 4.78 is 1.71. The van der Waals surface area contributed by atoms with Crippen LogP contribution in [0.15, 0.2) is 68.8 Å². The number of anilines is 1. The molecule has 0 bridgehead atoms. The number of carbonyl (C=O) groups excluding carboxylic acids is 2. The van der Waals surface area contributed by atoms with Crippen LogP contribution < -0.4 is 11.1 Å². The minimum Gasteiger partial charge on any atom is -0.477 e. The summed E-state index contributed by atoms with van der Waals surface area (Å²) in [7, 11) is 0. The van der Waals surface area contributed by atoms with Crippen LogP contribution in [-0.2, 0) is 19.2 Å². The second-order valence-electron chi connectivity index (χ2n) is 9.01. The van der Waals surface area contributed by atoms with Crippen molar-refractivity contribution in [2.75, 3.05) is 11.5 Å². The van der Waals surface area contributed by atoms with E-state index in [2.05, 4.69) is 20.6 Å². The number of nitrogens with two attached hydrogens (primary N) is 1. The van der Waals surface area contributed by atoms with E-state index in [9.17, 15) is 19.5 Å². The van der Waals surface area contributed by atoms with Crippen molar-refractivity contribution in [3.8, 4) is 5.69 Å². The molecule has 214 valence electrons. The lowest BCUT2D eigenvalue weighted by atomic mass is 10.0. The number of hydrogen-bond acceptors (Lipinski definition) is 11. The molecule has 4 N–H and O–H groups in total. The normalized spacial score (nSPS) is 18.8. The smallest absolute Gasteiger partial charge is 0.353 e. The fourth-order valence-electron chi connectivity index (χ4n) is 4.30. The highest BCUT2D eigenvalue weighted by Gasteiger charge is 2.54. The molecule has 2 atom stereocenters. The highest BCUT2D eigenvalue weighted by Crippen LogP contribution is 2.45. The third-order valence-corrected chi connectivity index (χ3v) is 9.68. The van der Waals surface area contributed by atoms with E-state index in [-0.39, 0.29) is 28.3 Å². The molecule has 5 rings (SSSR count). The summed E-state index contributed by atoms with van der Waals surface area (Å²) >= 11 is 3.77. The van der Waals surface area contributed by atoms with Crippen LogP contribution >= 0.6 is 34.9 Å². The first-order chi connectivity index (χ1) is 19.8. The second kappa shape index (κ2) is 12.4. The van der Waals surface area contributed by atoms with Crippen molar-refractivity contribution < 1.29 is 24.3 Å². The Morgan fingerprint density at radius 2 is 2.02 bits per heavy atom. The molecule has 0 unspecified atom stereocenters. The van der Waals surface area contributed by atoms with Gasteiger partial charge in [-0.05, 0) is 31.0 Å². The predicted octanol–water partition coefficient (Wildman–Crippen LogP) is 3.31. The second-order valence-corrected chi connectivity index (χ2v) is 12.1. The van der Waals surface area contributed by atoms with Crippen molar-refractivity contribution in [1.29, 1.82) is 0 Å². The quantitative estimate of drug-likeness (QED) is 0.166. The topological polar surface area (TPSA) is 165 Å². The van der Waals surface area contributed by atoms with Gasteiger partial charge in [-0.3, -0.25) is 14.5 Å². The minimum atomic E-state index is -1.22. The molecule has 2 amide bonds. The highest BCUT2D eigenvalue weighted by atomic mass is 32.2. The van der Waals surface area contributed by atoms with Gasteiger partial charge in [0, 0.05) is 16.0 Å². The van der Waals surface area contributed by atoms with Crippen molar-refractivity contribution in [1.82, 2.24) is 25.0 Å². The molecule has 0 radical (unpaired) electrons. The maximum Gasteiger partial charge on any atom is 0.353 e. The number of benzene rings is 1. The van der Waals surface area contributed by atoms with E-state index in [1.54, 1.807) is 22.3 Å². The van der Waals surface area contributed by atoms with Crippen molar-refractivity contribution in [2.24, 2.45) is 5.16 Å². The number of rotatable bonds is 11. The number of nitrogen functional groups attached to an aromatic ring is 1. The number of carboxylic acid groups (broad SMARTS) is 1. The molecular formula is C26H27N7O5S3. The SMILES string of the molecule is CCC(CC)O/N=C(\C(=O)N[C@@H]1C(=O)N2C(C(=O)O)=C(Sc3ccnn3-c3ccccc3)CS[C@H]12)c1csc(N)n1. The number of para-hydroxylation sites is 1. The molecule has 12 nitrogen and oxygen atoms in total. The molecule has 1 fully saturated rings. The Morgan fingerprint density at radius 1 is 1.27 bits per heavy atom. The van der Waals surface area contributed by atoms with Crippen LogP contribution in [0.4, 0.5) is 5.13 Å². The van der Waals surface area contributed by atoms with Crippen LogP contribution in [-0.4, -0.2) is 71.5 Å². The number of thioether (sulfide) groups is 2. The molecule has 0 aliphatic carbocycles. The Balaban J connectivity index is 1.35. The zero-order valence-electron chi connectivity index (χ0n) is 22.1. The van der Waals surface area contributed by atoms with Crippen molar-refractivity contribution >= 4 is 63.5 Å². The molecule has 15 heteroatoms. The predicted molar refractivity (Wildman–Crippen MR) is 158 cm³/mol. The van der Waals surface area contributed by atoms with Crippen molar-refractivity contribution in [3.63, 3.8) is 0 Å². The van der Waals surface area contributed by atoms with Crippen LogP contribution in [0.1, 0.15) is 32.4 Å². The summed E-state index contributed by atoms with van der Waals surface area (Å²) in [6.45, 7) is 3.89. The van der Waals surface area contributed by atoms with Gasteiger partial charge in [0.05, 0.1) is 11.9 Å². The monoisotopic (exact) mass is 613 g/mol. The Bertz CT molecular complexity index is 1520. The van der Waals surface area contributed by atoms with E-state index >= 15 is 0 Å². The van der Waals surface area contributed by atoms with E-state index < -0.39 is 29.2 Å². The molecule has 2 aliphatic heterocycles. The number of oxime groups is 1. The third-order valence-electron chi connectivity index (χ3n) is 6.44. The van der Waals surface area contributed by atoms with Crippen LogP contribution in [0, 0.1) is 0 Å². The third kappa shape index (κ3) is 5.83. The maximum absolute atomic E-state index is 13.3. The summed E-state index contributed by atoms with van der Waals surface area (Å²) in [6, 6.07) is 10.3. The molecule has 41 heavy (non-hydrogen) atoms. The lowest BCUT2D eigenvalue weighted by Crippen LogP contribution is -2.71. The van der Waals surface area contributed by atoms with Crippen LogP contribution in [0.2, 0.25) is 0 Å². The van der Waals surface area contributed by atoms with Gasteiger partial charge in [0.2, 0.25) is 0 Å². The minimum absolute atomic E-state index is 0.101. The molecule has 0 spiro atoms. The molecular weight excluding hydrogens is 587 g/mol. The number of thiazole rings is 1. The molecule has 4 heterocycles. The van der Waals surface area contributed by atoms with Gasteiger partial charge in [-0.2, -0.15) is 5.10 Å². The van der Waals surface area contributed by atoms with Gasteiger partial charge in [0.25, 0.3) is 11.8 Å². The van der Waals surface area contributed by atoms with Gasteiger partial charge in [-0.25, -0.2) is 14.5 Å². The zero-order valence-corrected chi connectivity index (χ0v) is 24.5. The van der Waals surface area contributed by atoms with Gasteiger partial charge in [-0.1, -0.05) is 49.0 Å².